The molecule has 1 atom stereocenters. The number of allylic oxidation sites excluding steroid dienone is 1. The lowest BCUT2D eigenvalue weighted by Crippen LogP contribution is -2.33. The number of ether oxygens (including phenoxy) is 1. The van der Waals surface area contributed by atoms with E-state index < -0.39 is 5.92 Å². The Morgan fingerprint density at radius 1 is 1.21 bits per heavy atom. The Morgan fingerprint density at radius 3 is 2.61 bits per heavy atom. The van der Waals surface area contributed by atoms with Crippen LogP contribution in [0.5, 0.6) is 5.75 Å². The lowest BCUT2D eigenvalue weighted by atomic mass is 9.84. The number of aromatic nitrogens is 2. The summed E-state index contributed by atoms with van der Waals surface area (Å²) in [6.07, 6.45) is 3.26. The van der Waals surface area contributed by atoms with Gasteiger partial charge in [0.25, 0.3) is 5.56 Å². The summed E-state index contributed by atoms with van der Waals surface area (Å²) in [4.78, 5) is 17.5. The van der Waals surface area contributed by atoms with Crippen molar-refractivity contribution < 1.29 is 4.74 Å². The van der Waals surface area contributed by atoms with Crippen LogP contribution in [0, 0.1) is 18.3 Å². The van der Waals surface area contributed by atoms with Gasteiger partial charge in [-0.3, -0.25) is 9.78 Å². The summed E-state index contributed by atoms with van der Waals surface area (Å²) in [5, 5.41) is 9.68. The first-order chi connectivity index (χ1) is 13.6. The maximum absolute atomic E-state index is 13.5. The molecule has 138 valence electrons. The molecular formula is C22H18N4O2. The summed E-state index contributed by atoms with van der Waals surface area (Å²) in [6.45, 7) is 2.29. The van der Waals surface area contributed by atoms with E-state index in [-0.39, 0.29) is 17.0 Å². The maximum atomic E-state index is 13.5. The molecule has 0 saturated heterocycles. The number of nitriles is 1. The Balaban J connectivity index is 1.93. The molecule has 0 radical (unpaired) electrons. The van der Waals surface area contributed by atoms with Crippen molar-refractivity contribution in [1.82, 2.24) is 9.55 Å². The van der Waals surface area contributed by atoms with Gasteiger partial charge in [-0.2, -0.15) is 5.26 Å². The van der Waals surface area contributed by atoms with Gasteiger partial charge in [0.15, 0.2) is 0 Å². The minimum Gasteiger partial charge on any atom is -0.440 e. The highest BCUT2D eigenvalue weighted by Crippen LogP contribution is 2.40. The first-order valence-corrected chi connectivity index (χ1v) is 8.86. The van der Waals surface area contributed by atoms with Crippen LogP contribution in [0.15, 0.2) is 77.2 Å². The van der Waals surface area contributed by atoms with Gasteiger partial charge in [-0.15, -0.1) is 0 Å². The van der Waals surface area contributed by atoms with Gasteiger partial charge < -0.3 is 15.0 Å². The lowest BCUT2D eigenvalue weighted by Gasteiger charge is -2.27. The predicted octanol–water partition coefficient (Wildman–Crippen LogP) is 2.82. The summed E-state index contributed by atoms with van der Waals surface area (Å²) in [6, 6.07) is 17.2. The Morgan fingerprint density at radius 2 is 1.93 bits per heavy atom. The molecule has 0 amide bonds. The highest BCUT2D eigenvalue weighted by atomic mass is 16.5. The second kappa shape index (κ2) is 7.05. The molecule has 2 N–H and O–H groups in total. The van der Waals surface area contributed by atoms with Crippen molar-refractivity contribution in [3.05, 3.63) is 105 Å². The minimum atomic E-state index is -0.591. The van der Waals surface area contributed by atoms with Gasteiger partial charge in [-0.25, -0.2) is 0 Å². The number of fused-ring (bicyclic) bond motifs is 1. The van der Waals surface area contributed by atoms with E-state index in [9.17, 15) is 10.1 Å². The lowest BCUT2D eigenvalue weighted by molar-refractivity contribution is 0.389. The average molecular weight is 370 g/mol. The number of aryl methyl sites for hydroxylation is 1. The summed E-state index contributed by atoms with van der Waals surface area (Å²) >= 11 is 0. The molecule has 0 saturated carbocycles. The Kier molecular flexibility index (Phi) is 4.42. The summed E-state index contributed by atoms with van der Waals surface area (Å²) in [7, 11) is 0. The summed E-state index contributed by atoms with van der Waals surface area (Å²) < 4.78 is 7.36. The van der Waals surface area contributed by atoms with Crippen molar-refractivity contribution in [3.63, 3.8) is 0 Å². The predicted molar refractivity (Wildman–Crippen MR) is 105 cm³/mol. The fourth-order valence-electron chi connectivity index (χ4n) is 3.54. The Bertz CT molecular complexity index is 1160. The quantitative estimate of drug-likeness (QED) is 0.765. The van der Waals surface area contributed by atoms with Gasteiger partial charge in [0.2, 0.25) is 5.88 Å². The third kappa shape index (κ3) is 2.93. The zero-order valence-corrected chi connectivity index (χ0v) is 15.3. The van der Waals surface area contributed by atoms with E-state index in [1.807, 2.05) is 37.3 Å². The number of hydrogen-bond donors (Lipinski definition) is 1. The Hall–Kier alpha value is -3.85. The summed E-state index contributed by atoms with van der Waals surface area (Å²) in [5.74, 6) is -0.173. The molecule has 1 aliphatic rings. The zero-order valence-electron chi connectivity index (χ0n) is 15.3. The van der Waals surface area contributed by atoms with E-state index in [0.29, 0.717) is 17.9 Å². The van der Waals surface area contributed by atoms with Crippen LogP contribution in [0.1, 0.15) is 28.3 Å². The van der Waals surface area contributed by atoms with Crippen LogP contribution in [-0.2, 0) is 6.54 Å². The first-order valence-electron chi connectivity index (χ1n) is 8.86. The summed E-state index contributed by atoms with van der Waals surface area (Å²) in [5.41, 5.74) is 9.00. The number of rotatable bonds is 3. The van der Waals surface area contributed by atoms with Gasteiger partial charge in [0, 0.05) is 24.2 Å². The number of hydrogen-bond acceptors (Lipinski definition) is 5. The van der Waals surface area contributed by atoms with Crippen molar-refractivity contribution in [1.29, 1.82) is 5.26 Å². The van der Waals surface area contributed by atoms with Crippen LogP contribution in [-0.4, -0.2) is 9.55 Å². The molecule has 0 fully saturated rings. The monoisotopic (exact) mass is 370 g/mol. The number of nitrogens with zero attached hydrogens (tertiary/aromatic N) is 3. The third-order valence-corrected chi connectivity index (χ3v) is 4.91. The van der Waals surface area contributed by atoms with Crippen LogP contribution < -0.4 is 16.0 Å². The van der Waals surface area contributed by atoms with E-state index in [1.54, 1.807) is 35.2 Å². The molecule has 3 aromatic rings. The van der Waals surface area contributed by atoms with E-state index >= 15 is 0 Å². The van der Waals surface area contributed by atoms with Crippen molar-refractivity contribution in [2.75, 3.05) is 0 Å². The second-order valence-corrected chi connectivity index (χ2v) is 6.65. The fourth-order valence-corrected chi connectivity index (χ4v) is 3.54. The number of pyridine rings is 2. The molecule has 0 bridgehead atoms. The minimum absolute atomic E-state index is 0.0245. The van der Waals surface area contributed by atoms with E-state index in [4.69, 9.17) is 10.5 Å². The van der Waals surface area contributed by atoms with Crippen LogP contribution in [0.2, 0.25) is 0 Å². The topological polar surface area (TPSA) is 93.9 Å². The molecule has 4 rings (SSSR count). The van der Waals surface area contributed by atoms with Gasteiger partial charge in [-0.05, 0) is 30.2 Å². The highest BCUT2D eigenvalue weighted by Gasteiger charge is 2.34. The molecule has 0 unspecified atom stereocenters. The van der Waals surface area contributed by atoms with E-state index in [2.05, 4.69) is 11.1 Å². The first kappa shape index (κ1) is 17.6. The molecule has 1 aromatic carbocycles. The van der Waals surface area contributed by atoms with E-state index in [0.717, 1.165) is 16.8 Å². The largest absolute Gasteiger partial charge is 0.440 e. The van der Waals surface area contributed by atoms with Gasteiger partial charge in [0.1, 0.15) is 17.4 Å². The standard InChI is InChI=1S/C22H18N4O2/c1-14-11-18-20(22(27)26(14)13-15-5-3-2-4-6-15)19(16-7-9-25-10-8-16)17(12-23)21(24)28-18/h2-11,19H,13,24H2,1H3/t19-/m0/s1. The van der Waals surface area contributed by atoms with Crippen molar-refractivity contribution in [3.8, 4) is 11.8 Å². The smallest absolute Gasteiger partial charge is 0.259 e. The van der Waals surface area contributed by atoms with Gasteiger partial charge in [-0.1, -0.05) is 30.3 Å². The zero-order chi connectivity index (χ0) is 19.7. The van der Waals surface area contributed by atoms with Gasteiger partial charge in [0.05, 0.1) is 18.0 Å². The van der Waals surface area contributed by atoms with Crippen molar-refractivity contribution in [2.45, 2.75) is 19.4 Å². The molecule has 6 heteroatoms. The SMILES string of the molecule is Cc1cc2c(c(=O)n1Cc1ccccc1)[C@@H](c1ccncc1)C(C#N)=C(N)O2. The normalized spacial score (nSPS) is 15.5. The molecule has 2 aromatic heterocycles. The molecule has 0 spiro atoms. The highest BCUT2D eigenvalue weighted by molar-refractivity contribution is 5.55. The Labute approximate surface area is 162 Å². The number of nitrogens with two attached hydrogens (primary N) is 1. The second-order valence-electron chi connectivity index (χ2n) is 6.65. The van der Waals surface area contributed by atoms with Crippen molar-refractivity contribution >= 4 is 0 Å². The average Bonchev–Trinajstić information content (AvgIpc) is 2.71. The molecule has 6 nitrogen and oxygen atoms in total. The van der Waals surface area contributed by atoms with Crippen LogP contribution in [0.3, 0.4) is 0 Å². The number of benzene rings is 1. The van der Waals surface area contributed by atoms with Crippen LogP contribution in [0.25, 0.3) is 0 Å². The van der Waals surface area contributed by atoms with Crippen LogP contribution in [0.4, 0.5) is 0 Å². The van der Waals surface area contributed by atoms with Gasteiger partial charge >= 0.3 is 0 Å². The van der Waals surface area contributed by atoms with Crippen LogP contribution >= 0.6 is 0 Å². The molecular weight excluding hydrogens is 352 g/mol. The molecule has 28 heavy (non-hydrogen) atoms. The van der Waals surface area contributed by atoms with Crippen molar-refractivity contribution in [2.24, 2.45) is 5.73 Å². The molecule has 0 aliphatic carbocycles. The molecule has 1 aliphatic heterocycles. The van der Waals surface area contributed by atoms with E-state index in [1.165, 1.54) is 0 Å². The molecule has 3 heterocycles. The maximum Gasteiger partial charge on any atom is 0.259 e. The fraction of sp³-hybridized carbons (Fsp3) is 0.136. The third-order valence-electron chi connectivity index (χ3n) is 4.91.